The fraction of sp³-hybridized carbons (Fsp3) is 1.00. The number of aliphatic hydroxyl groups is 1. The summed E-state index contributed by atoms with van der Waals surface area (Å²) < 4.78 is 23.2. The van der Waals surface area contributed by atoms with E-state index in [-0.39, 0.29) is 17.5 Å². The second-order valence-corrected chi connectivity index (χ2v) is 8.09. The maximum absolute atomic E-state index is 11.6. The molecule has 0 aromatic heterocycles. The van der Waals surface area contributed by atoms with Crippen LogP contribution in [-0.2, 0) is 9.84 Å². The molecular formula is C13H26N2O3S. The Morgan fingerprint density at radius 2 is 1.84 bits per heavy atom. The summed E-state index contributed by atoms with van der Waals surface area (Å²) in [7, 11) is -1.09. The SMILES string of the molecule is CCNC1CCC(N(C)C2CS(=O)(=O)CC2O)CC1. The summed E-state index contributed by atoms with van der Waals surface area (Å²) in [4.78, 5) is 2.11. The Labute approximate surface area is 116 Å². The molecule has 0 spiro atoms. The van der Waals surface area contributed by atoms with Crippen LogP contribution in [0.3, 0.4) is 0 Å². The molecular weight excluding hydrogens is 264 g/mol. The molecule has 0 aromatic rings. The quantitative estimate of drug-likeness (QED) is 0.762. The highest BCUT2D eigenvalue weighted by Gasteiger charge is 2.41. The topological polar surface area (TPSA) is 69.6 Å². The van der Waals surface area contributed by atoms with E-state index in [9.17, 15) is 13.5 Å². The van der Waals surface area contributed by atoms with Gasteiger partial charge in [-0.2, -0.15) is 0 Å². The third kappa shape index (κ3) is 3.68. The van der Waals surface area contributed by atoms with Gasteiger partial charge in [-0.25, -0.2) is 8.42 Å². The number of nitrogens with one attached hydrogen (secondary N) is 1. The molecule has 1 aliphatic carbocycles. The van der Waals surface area contributed by atoms with E-state index in [1.165, 1.54) is 0 Å². The van der Waals surface area contributed by atoms with Gasteiger partial charge in [0.2, 0.25) is 0 Å². The van der Waals surface area contributed by atoms with Crippen molar-refractivity contribution in [2.24, 2.45) is 0 Å². The molecule has 2 rings (SSSR count). The molecule has 1 saturated carbocycles. The molecule has 5 nitrogen and oxygen atoms in total. The lowest BCUT2D eigenvalue weighted by Gasteiger charge is -2.38. The predicted molar refractivity (Wildman–Crippen MR) is 75.9 cm³/mol. The van der Waals surface area contributed by atoms with Crippen molar-refractivity contribution in [1.29, 1.82) is 0 Å². The highest BCUT2D eigenvalue weighted by atomic mass is 32.2. The standard InChI is InChI=1S/C13H26N2O3S/c1-3-14-10-4-6-11(7-5-10)15(2)12-8-19(17,18)9-13(12)16/h10-14,16H,3-9H2,1-2H3. The number of sulfone groups is 1. The smallest absolute Gasteiger partial charge is 0.154 e. The number of aliphatic hydroxyl groups excluding tert-OH is 1. The Bertz CT molecular complexity index is 391. The summed E-state index contributed by atoms with van der Waals surface area (Å²) in [5.74, 6) is 0.0343. The molecule has 0 amide bonds. The minimum atomic E-state index is -3.05. The van der Waals surface area contributed by atoms with Crippen LogP contribution in [0.2, 0.25) is 0 Å². The summed E-state index contributed by atoms with van der Waals surface area (Å²) in [5.41, 5.74) is 0. The molecule has 112 valence electrons. The van der Waals surface area contributed by atoms with Crippen LogP contribution in [0.4, 0.5) is 0 Å². The lowest BCUT2D eigenvalue weighted by atomic mass is 9.89. The van der Waals surface area contributed by atoms with Gasteiger partial charge in [-0.15, -0.1) is 0 Å². The van der Waals surface area contributed by atoms with Crippen molar-refractivity contribution in [3.8, 4) is 0 Å². The first-order chi connectivity index (χ1) is 8.93. The van der Waals surface area contributed by atoms with Crippen molar-refractivity contribution in [3.05, 3.63) is 0 Å². The molecule has 1 saturated heterocycles. The Hall–Kier alpha value is -0.170. The van der Waals surface area contributed by atoms with Crippen molar-refractivity contribution in [3.63, 3.8) is 0 Å². The molecule has 6 heteroatoms. The zero-order valence-electron chi connectivity index (χ0n) is 11.9. The normalized spacial score (nSPS) is 38.7. The van der Waals surface area contributed by atoms with Gasteiger partial charge in [0, 0.05) is 12.1 Å². The van der Waals surface area contributed by atoms with Gasteiger partial charge in [-0.3, -0.25) is 4.90 Å². The van der Waals surface area contributed by atoms with Crippen molar-refractivity contribution in [2.45, 2.75) is 56.8 Å². The zero-order valence-corrected chi connectivity index (χ0v) is 12.7. The third-order valence-corrected chi connectivity index (χ3v) is 6.28. The Kier molecular flexibility index (Phi) is 4.87. The summed E-state index contributed by atoms with van der Waals surface area (Å²) in [6.45, 7) is 3.13. The molecule has 2 aliphatic rings. The van der Waals surface area contributed by atoms with Crippen LogP contribution >= 0.6 is 0 Å². The van der Waals surface area contributed by atoms with Crippen molar-refractivity contribution in [1.82, 2.24) is 10.2 Å². The van der Waals surface area contributed by atoms with Crippen molar-refractivity contribution in [2.75, 3.05) is 25.1 Å². The van der Waals surface area contributed by atoms with Gasteiger partial charge in [0.15, 0.2) is 9.84 Å². The molecule has 0 aromatic carbocycles. The molecule has 2 unspecified atom stereocenters. The number of hydrogen-bond donors (Lipinski definition) is 2. The van der Waals surface area contributed by atoms with Crippen LogP contribution < -0.4 is 5.32 Å². The van der Waals surface area contributed by atoms with E-state index in [1.54, 1.807) is 0 Å². The highest BCUT2D eigenvalue weighted by Crippen LogP contribution is 2.27. The summed E-state index contributed by atoms with van der Waals surface area (Å²) >= 11 is 0. The molecule has 2 atom stereocenters. The van der Waals surface area contributed by atoms with Gasteiger partial charge < -0.3 is 10.4 Å². The van der Waals surface area contributed by atoms with Gasteiger partial charge >= 0.3 is 0 Å². The first kappa shape index (κ1) is 15.2. The minimum absolute atomic E-state index is 0.0747. The van der Waals surface area contributed by atoms with Crippen LogP contribution in [0.25, 0.3) is 0 Å². The maximum atomic E-state index is 11.6. The number of nitrogens with zero attached hydrogens (tertiary/aromatic N) is 1. The predicted octanol–water partition coefficient (Wildman–Crippen LogP) is -0.00320. The molecule has 0 bridgehead atoms. The van der Waals surface area contributed by atoms with E-state index in [0.717, 1.165) is 32.2 Å². The average Bonchev–Trinajstić information content (AvgIpc) is 2.63. The molecule has 19 heavy (non-hydrogen) atoms. The second kappa shape index (κ2) is 6.08. The highest BCUT2D eigenvalue weighted by molar-refractivity contribution is 7.91. The molecule has 1 heterocycles. The first-order valence-corrected chi connectivity index (χ1v) is 9.09. The molecule has 2 fully saturated rings. The zero-order chi connectivity index (χ0) is 14.0. The van der Waals surface area contributed by atoms with E-state index in [2.05, 4.69) is 17.1 Å². The van der Waals surface area contributed by atoms with E-state index < -0.39 is 15.9 Å². The fourth-order valence-electron chi connectivity index (χ4n) is 3.45. The van der Waals surface area contributed by atoms with E-state index >= 15 is 0 Å². The van der Waals surface area contributed by atoms with E-state index in [1.807, 2.05) is 7.05 Å². The monoisotopic (exact) mass is 290 g/mol. The Morgan fingerprint density at radius 3 is 2.32 bits per heavy atom. The molecule has 0 radical (unpaired) electrons. The van der Waals surface area contributed by atoms with Gasteiger partial charge in [0.1, 0.15) is 0 Å². The molecule has 2 N–H and O–H groups in total. The minimum Gasteiger partial charge on any atom is -0.390 e. The van der Waals surface area contributed by atoms with Crippen molar-refractivity contribution < 1.29 is 13.5 Å². The van der Waals surface area contributed by atoms with Gasteiger partial charge in [0.25, 0.3) is 0 Å². The van der Waals surface area contributed by atoms with Gasteiger partial charge in [0.05, 0.1) is 23.7 Å². The third-order valence-electron chi connectivity index (χ3n) is 4.58. The van der Waals surface area contributed by atoms with E-state index in [0.29, 0.717) is 12.1 Å². The van der Waals surface area contributed by atoms with Crippen LogP contribution in [0.5, 0.6) is 0 Å². The van der Waals surface area contributed by atoms with Crippen LogP contribution in [0, 0.1) is 0 Å². The largest absolute Gasteiger partial charge is 0.390 e. The van der Waals surface area contributed by atoms with Crippen molar-refractivity contribution >= 4 is 9.84 Å². The van der Waals surface area contributed by atoms with Crippen LogP contribution in [0.1, 0.15) is 32.6 Å². The number of hydrogen-bond acceptors (Lipinski definition) is 5. The maximum Gasteiger partial charge on any atom is 0.154 e. The van der Waals surface area contributed by atoms with Crippen LogP contribution in [0.15, 0.2) is 0 Å². The van der Waals surface area contributed by atoms with Crippen LogP contribution in [-0.4, -0.2) is 67.8 Å². The lowest BCUT2D eigenvalue weighted by molar-refractivity contribution is 0.0572. The number of rotatable bonds is 4. The van der Waals surface area contributed by atoms with E-state index in [4.69, 9.17) is 0 Å². The van der Waals surface area contributed by atoms with Gasteiger partial charge in [-0.1, -0.05) is 6.92 Å². The summed E-state index contributed by atoms with van der Waals surface area (Å²) in [5, 5.41) is 13.4. The first-order valence-electron chi connectivity index (χ1n) is 7.26. The average molecular weight is 290 g/mol. The Morgan fingerprint density at radius 1 is 1.21 bits per heavy atom. The molecule has 1 aliphatic heterocycles. The second-order valence-electron chi connectivity index (χ2n) is 5.94. The lowest BCUT2D eigenvalue weighted by Crippen LogP contribution is -2.49. The van der Waals surface area contributed by atoms with Gasteiger partial charge in [-0.05, 0) is 39.3 Å². The summed E-state index contributed by atoms with van der Waals surface area (Å²) in [6, 6.07) is 0.792. The number of likely N-dealkylation sites (N-methyl/N-ethyl adjacent to an activating group) is 1. The Balaban J connectivity index is 1.89. The fourth-order valence-corrected chi connectivity index (χ4v) is 5.30. The summed E-state index contributed by atoms with van der Waals surface area (Å²) in [6.07, 6.45) is 3.72.